The Morgan fingerprint density at radius 2 is 1.11 bits per heavy atom. The fourth-order valence-corrected chi connectivity index (χ4v) is 8.89. The second-order valence-electron chi connectivity index (χ2n) is 14.4. The molecule has 8 unspecified atom stereocenters. The number of piperidine rings is 6. The summed E-state index contributed by atoms with van der Waals surface area (Å²) in [6, 6.07) is 15.9. The third-order valence-electron chi connectivity index (χ3n) is 11.6. The number of nitrogens with zero attached hydrogens (tertiary/aromatic N) is 4. The topological polar surface area (TPSA) is 229 Å². The fraction of sp³-hybridized carbons (Fsp3) is 0.450. The molecule has 4 aromatic rings. The average Bonchev–Trinajstić information content (AvgIpc) is 3.19. The molecule has 0 saturated carbocycles. The molecule has 6 fully saturated rings. The van der Waals surface area contributed by atoms with Gasteiger partial charge in [0.25, 0.3) is 0 Å². The molecule has 6 aliphatic heterocycles. The monoisotopic (exact) mass is 782 g/mol. The van der Waals surface area contributed by atoms with Crippen LogP contribution in [0.2, 0.25) is 0 Å². The molecule has 6 saturated heterocycles. The zero-order chi connectivity index (χ0) is 37.9. The zero-order valence-electron chi connectivity index (χ0n) is 31.2. The van der Waals surface area contributed by atoms with Crippen LogP contribution in [0.1, 0.15) is 49.0 Å². The average molecular weight is 783 g/mol. The van der Waals surface area contributed by atoms with Gasteiger partial charge in [-0.25, -0.2) is 0 Å². The Hall–Kier alpha value is -4.03. The SMILES string of the molecule is C=CC1CN2CC[C@@H]1CC2C(O)c1ccnc2ccc(OC)cc12.C=CC1CN2CC[C@@H]1CC2C(O)c1ccnc2ccc(OC)cc12.O.O.O=S(=O)(O)O. The van der Waals surface area contributed by atoms with Crippen molar-refractivity contribution in [1.82, 2.24) is 19.8 Å². The first kappa shape index (κ1) is 43.7. The molecule has 2 aromatic carbocycles. The Labute approximate surface area is 322 Å². The Kier molecular flexibility index (Phi) is 14.9. The van der Waals surface area contributed by atoms with Crippen LogP contribution in [0.15, 0.2) is 86.2 Å². The molecule has 0 radical (unpaired) electrons. The lowest BCUT2D eigenvalue weighted by atomic mass is 9.73. The number of aliphatic hydroxyl groups excluding tert-OH is 2. The van der Waals surface area contributed by atoms with Gasteiger partial charge in [-0.3, -0.25) is 28.9 Å². The molecule has 8 heterocycles. The van der Waals surface area contributed by atoms with E-state index in [1.54, 1.807) is 26.6 Å². The van der Waals surface area contributed by atoms with Gasteiger partial charge in [-0.1, -0.05) is 12.2 Å². The summed E-state index contributed by atoms with van der Waals surface area (Å²) in [4.78, 5) is 13.7. The van der Waals surface area contributed by atoms with Crippen molar-refractivity contribution in [3.63, 3.8) is 0 Å². The van der Waals surface area contributed by atoms with Gasteiger partial charge in [0.1, 0.15) is 11.5 Å². The summed E-state index contributed by atoms with van der Waals surface area (Å²) < 4.78 is 42.3. The molecule has 300 valence electrons. The van der Waals surface area contributed by atoms with Gasteiger partial charge < -0.3 is 30.6 Å². The number of hydrogen-bond acceptors (Lipinski definition) is 10. The van der Waals surface area contributed by atoms with Gasteiger partial charge in [0, 0.05) is 48.3 Å². The standard InChI is InChI=1S/2C20H24N2O2.H2O4S.2H2O/c2*1-3-13-12-22-9-7-14(13)10-19(22)20(23)16-6-8-21-18-5-4-15(24-2)11-17(16)18;1-5(2,3)4;;/h2*3-6,8,11,13-14,19-20,23H,1,7,9-10,12H2,2H3;(H2,1,2,3,4);2*1H2/t2*13?,14-,19?,20?;;;/m11.../s1. The van der Waals surface area contributed by atoms with Crippen molar-refractivity contribution in [3.05, 3.63) is 97.4 Å². The first-order valence-electron chi connectivity index (χ1n) is 18.1. The van der Waals surface area contributed by atoms with Crippen LogP contribution in [0.25, 0.3) is 21.8 Å². The van der Waals surface area contributed by atoms with E-state index in [9.17, 15) is 10.2 Å². The second kappa shape index (κ2) is 18.7. The van der Waals surface area contributed by atoms with Crippen LogP contribution in [0.4, 0.5) is 0 Å². The minimum absolute atomic E-state index is 0. The number of fused-ring (bicyclic) bond motifs is 8. The van der Waals surface area contributed by atoms with Gasteiger partial charge >= 0.3 is 10.4 Å². The highest BCUT2D eigenvalue weighted by Gasteiger charge is 2.43. The number of benzene rings is 2. The van der Waals surface area contributed by atoms with E-state index in [1.165, 1.54) is 12.8 Å². The van der Waals surface area contributed by atoms with E-state index in [2.05, 4.69) is 45.1 Å². The molecule has 14 nitrogen and oxygen atoms in total. The summed E-state index contributed by atoms with van der Waals surface area (Å²) >= 11 is 0. The maximum atomic E-state index is 11.2. The minimum Gasteiger partial charge on any atom is -0.497 e. The van der Waals surface area contributed by atoms with E-state index in [-0.39, 0.29) is 23.0 Å². The van der Waals surface area contributed by atoms with Crippen LogP contribution in [0, 0.1) is 23.7 Å². The predicted octanol–water partition coefficient (Wildman–Crippen LogP) is 4.04. The molecule has 15 heteroatoms. The van der Waals surface area contributed by atoms with Crippen LogP contribution >= 0.6 is 0 Å². The van der Waals surface area contributed by atoms with E-state index in [1.807, 2.05) is 48.5 Å². The number of hydrogen-bond donors (Lipinski definition) is 4. The minimum atomic E-state index is -4.67. The van der Waals surface area contributed by atoms with Crippen LogP contribution in [-0.2, 0) is 10.4 Å². The second-order valence-corrected chi connectivity index (χ2v) is 15.3. The highest BCUT2D eigenvalue weighted by Crippen LogP contribution is 2.43. The molecule has 6 aliphatic rings. The van der Waals surface area contributed by atoms with Gasteiger partial charge in [0.15, 0.2) is 0 Å². The van der Waals surface area contributed by atoms with Crippen LogP contribution < -0.4 is 9.47 Å². The van der Waals surface area contributed by atoms with Crippen molar-refractivity contribution >= 4 is 32.2 Å². The molecule has 10 atom stereocenters. The third kappa shape index (κ3) is 9.86. The number of ether oxygens (including phenoxy) is 2. The molecule has 4 bridgehead atoms. The summed E-state index contributed by atoms with van der Waals surface area (Å²) in [5, 5.41) is 24.3. The van der Waals surface area contributed by atoms with E-state index >= 15 is 0 Å². The summed E-state index contributed by atoms with van der Waals surface area (Å²) in [6.45, 7) is 12.1. The summed E-state index contributed by atoms with van der Waals surface area (Å²) in [5.41, 5.74) is 3.69. The Morgan fingerprint density at radius 1 is 0.727 bits per heavy atom. The predicted molar refractivity (Wildman–Crippen MR) is 211 cm³/mol. The number of methoxy groups -OCH3 is 2. The number of pyridine rings is 2. The van der Waals surface area contributed by atoms with E-state index in [0.29, 0.717) is 23.7 Å². The lowest BCUT2D eigenvalue weighted by molar-refractivity contribution is -0.0445. The Morgan fingerprint density at radius 3 is 1.42 bits per heavy atom. The summed E-state index contributed by atoms with van der Waals surface area (Å²) in [5.74, 6) is 4.01. The number of aliphatic hydroxyl groups is 2. The lowest BCUT2D eigenvalue weighted by Gasteiger charge is -2.50. The molecular formula is C40H54N4O10S. The van der Waals surface area contributed by atoms with Crippen LogP contribution in [0.5, 0.6) is 11.5 Å². The third-order valence-corrected chi connectivity index (χ3v) is 11.6. The van der Waals surface area contributed by atoms with Crippen molar-refractivity contribution in [3.8, 4) is 11.5 Å². The molecule has 0 spiro atoms. The van der Waals surface area contributed by atoms with Gasteiger partial charge in [-0.15, -0.1) is 13.2 Å². The lowest BCUT2D eigenvalue weighted by Crippen LogP contribution is -2.54. The quantitative estimate of drug-likeness (QED) is 0.147. The molecule has 10 rings (SSSR count). The maximum absolute atomic E-state index is 11.2. The normalized spacial score (nSPS) is 27.5. The van der Waals surface area contributed by atoms with Crippen LogP contribution in [0.3, 0.4) is 0 Å². The van der Waals surface area contributed by atoms with Gasteiger partial charge in [-0.2, -0.15) is 8.42 Å². The molecule has 55 heavy (non-hydrogen) atoms. The molecule has 0 amide bonds. The molecular weight excluding hydrogens is 729 g/mol. The van der Waals surface area contributed by atoms with Crippen molar-refractivity contribution in [2.45, 2.75) is 50.0 Å². The van der Waals surface area contributed by atoms with Crippen molar-refractivity contribution in [2.24, 2.45) is 23.7 Å². The van der Waals surface area contributed by atoms with Crippen LogP contribution in [-0.4, -0.2) is 111 Å². The zero-order valence-corrected chi connectivity index (χ0v) is 32.1. The van der Waals surface area contributed by atoms with E-state index < -0.39 is 22.6 Å². The van der Waals surface area contributed by atoms with Crippen molar-refractivity contribution in [1.29, 1.82) is 0 Å². The van der Waals surface area contributed by atoms with Gasteiger partial charge in [-0.05, 0) is 122 Å². The number of aromatic nitrogens is 2. The largest absolute Gasteiger partial charge is 0.497 e. The van der Waals surface area contributed by atoms with Crippen molar-refractivity contribution in [2.75, 3.05) is 40.4 Å². The first-order chi connectivity index (χ1) is 25.4. The van der Waals surface area contributed by atoms with E-state index in [4.69, 9.17) is 27.0 Å². The summed E-state index contributed by atoms with van der Waals surface area (Å²) in [6.07, 6.45) is 11.2. The Balaban J connectivity index is 0.000000211. The van der Waals surface area contributed by atoms with E-state index in [0.717, 1.165) is 83.5 Å². The number of rotatable bonds is 8. The Bertz CT molecular complexity index is 1900. The first-order valence-corrected chi connectivity index (χ1v) is 19.5. The van der Waals surface area contributed by atoms with Gasteiger partial charge in [0.05, 0.1) is 37.5 Å². The maximum Gasteiger partial charge on any atom is 0.394 e. The van der Waals surface area contributed by atoms with Crippen molar-refractivity contribution < 1.29 is 48.2 Å². The highest BCUT2D eigenvalue weighted by atomic mass is 32.3. The van der Waals surface area contributed by atoms with Gasteiger partial charge in [0.2, 0.25) is 0 Å². The highest BCUT2D eigenvalue weighted by molar-refractivity contribution is 7.79. The smallest absolute Gasteiger partial charge is 0.394 e. The molecule has 2 aromatic heterocycles. The fourth-order valence-electron chi connectivity index (χ4n) is 8.89. The molecule has 8 N–H and O–H groups in total. The molecule has 0 aliphatic carbocycles. The summed E-state index contributed by atoms with van der Waals surface area (Å²) in [7, 11) is -1.34.